The fourth-order valence-corrected chi connectivity index (χ4v) is 1.89. The summed E-state index contributed by atoms with van der Waals surface area (Å²) in [7, 11) is 0. The first-order chi connectivity index (χ1) is 9.75. The summed E-state index contributed by atoms with van der Waals surface area (Å²) in [6, 6.07) is 13.4. The number of pyridine rings is 1. The molecule has 5 heteroatoms. The van der Waals surface area contributed by atoms with Gasteiger partial charge in [0.05, 0.1) is 5.69 Å². The lowest BCUT2D eigenvalue weighted by molar-refractivity contribution is 0.476. The molecule has 1 aromatic heterocycles. The van der Waals surface area contributed by atoms with Crippen LogP contribution in [0.5, 0.6) is 11.5 Å². The topological polar surface area (TPSA) is 78.1 Å². The molecule has 0 unspecified atom stereocenters. The number of azo groups is 1. The number of nitrogens with zero attached hydrogens (tertiary/aromatic N) is 3. The van der Waals surface area contributed by atoms with Crippen molar-refractivity contribution in [2.24, 2.45) is 10.2 Å². The molecular weight excluding hydrogens is 254 g/mol. The maximum atomic E-state index is 9.75. The lowest BCUT2D eigenvalue weighted by Crippen LogP contribution is -1.79. The van der Waals surface area contributed by atoms with Crippen molar-refractivity contribution in [3.8, 4) is 11.5 Å². The predicted molar refractivity (Wildman–Crippen MR) is 75.7 cm³/mol. The monoisotopic (exact) mass is 265 g/mol. The van der Waals surface area contributed by atoms with Crippen molar-refractivity contribution in [3.63, 3.8) is 0 Å². The molecule has 0 amide bonds. The number of phenols is 2. The molecule has 2 N–H and O–H groups in total. The summed E-state index contributed by atoms with van der Waals surface area (Å²) in [5.41, 5.74) is 1.44. The third-order valence-corrected chi connectivity index (χ3v) is 2.87. The molecule has 3 aromatic rings. The highest BCUT2D eigenvalue weighted by Gasteiger charge is 2.05. The second kappa shape index (κ2) is 4.97. The maximum Gasteiger partial charge on any atom is 0.143 e. The Morgan fingerprint density at radius 3 is 2.40 bits per heavy atom. The first-order valence-corrected chi connectivity index (χ1v) is 6.02. The summed E-state index contributed by atoms with van der Waals surface area (Å²) in [6.45, 7) is 0. The average molecular weight is 265 g/mol. The number of aromatic hydroxyl groups is 2. The number of fused-ring (bicyclic) bond motifs is 1. The van der Waals surface area contributed by atoms with E-state index < -0.39 is 0 Å². The highest BCUT2D eigenvalue weighted by atomic mass is 16.3. The normalized spacial score (nSPS) is 11.2. The Morgan fingerprint density at radius 2 is 1.55 bits per heavy atom. The van der Waals surface area contributed by atoms with E-state index in [-0.39, 0.29) is 11.5 Å². The van der Waals surface area contributed by atoms with Gasteiger partial charge >= 0.3 is 0 Å². The molecule has 5 nitrogen and oxygen atoms in total. The van der Waals surface area contributed by atoms with Crippen LogP contribution in [-0.2, 0) is 0 Å². The molecule has 0 aliphatic heterocycles. The molecule has 1 heterocycles. The van der Waals surface area contributed by atoms with Gasteiger partial charge in [-0.2, -0.15) is 0 Å². The summed E-state index contributed by atoms with van der Waals surface area (Å²) in [4.78, 5) is 4.11. The molecule has 0 bridgehead atoms. The Bertz CT molecular complexity index is 800. The molecule has 0 radical (unpaired) electrons. The molecule has 3 rings (SSSR count). The Balaban J connectivity index is 2.08. The standard InChI is InChI=1S/C15H11N3O2/c19-13-6-2-1-5-12(13)18-17-11-7-8-14(20)15-10(11)4-3-9-16-15/h1-9,19-20H. The molecule has 98 valence electrons. The Hall–Kier alpha value is -2.95. The van der Waals surface area contributed by atoms with E-state index in [0.717, 1.165) is 0 Å². The van der Waals surface area contributed by atoms with Gasteiger partial charge in [0.25, 0.3) is 0 Å². The molecule has 0 spiro atoms. The van der Waals surface area contributed by atoms with Crippen LogP contribution in [0, 0.1) is 0 Å². The van der Waals surface area contributed by atoms with Crippen LogP contribution in [0.3, 0.4) is 0 Å². The van der Waals surface area contributed by atoms with Crippen LogP contribution >= 0.6 is 0 Å². The molecule has 2 aromatic carbocycles. The minimum absolute atomic E-state index is 0.0671. The third-order valence-electron chi connectivity index (χ3n) is 2.87. The van der Waals surface area contributed by atoms with Gasteiger partial charge in [0, 0.05) is 11.6 Å². The lowest BCUT2D eigenvalue weighted by atomic mass is 10.2. The van der Waals surface area contributed by atoms with Crippen molar-refractivity contribution in [2.45, 2.75) is 0 Å². The fourth-order valence-electron chi connectivity index (χ4n) is 1.89. The first kappa shape index (κ1) is 12.1. The molecule has 0 atom stereocenters. The largest absolute Gasteiger partial charge is 0.506 e. The number of phenolic OH excluding ortho intramolecular Hbond substituents is 2. The van der Waals surface area contributed by atoms with E-state index in [2.05, 4.69) is 15.2 Å². The van der Waals surface area contributed by atoms with Gasteiger partial charge in [0.1, 0.15) is 22.7 Å². The number of hydrogen-bond donors (Lipinski definition) is 2. The van der Waals surface area contributed by atoms with Crippen LogP contribution in [0.2, 0.25) is 0 Å². The van der Waals surface area contributed by atoms with Crippen LogP contribution in [0.4, 0.5) is 11.4 Å². The molecule has 20 heavy (non-hydrogen) atoms. The van der Waals surface area contributed by atoms with Gasteiger partial charge in [-0.25, -0.2) is 0 Å². The predicted octanol–water partition coefficient (Wildman–Crippen LogP) is 4.06. The summed E-state index contributed by atoms with van der Waals surface area (Å²) in [5, 5.41) is 28.2. The molecular formula is C15H11N3O2. The van der Waals surface area contributed by atoms with Crippen molar-refractivity contribution < 1.29 is 10.2 Å². The van der Waals surface area contributed by atoms with Gasteiger partial charge < -0.3 is 10.2 Å². The van der Waals surface area contributed by atoms with Crippen molar-refractivity contribution in [2.75, 3.05) is 0 Å². The van der Waals surface area contributed by atoms with E-state index in [1.165, 1.54) is 6.07 Å². The summed E-state index contributed by atoms with van der Waals surface area (Å²) >= 11 is 0. The fraction of sp³-hybridized carbons (Fsp3) is 0. The van der Waals surface area contributed by atoms with E-state index in [4.69, 9.17) is 0 Å². The van der Waals surface area contributed by atoms with Crippen LogP contribution in [0.15, 0.2) is 65.0 Å². The van der Waals surface area contributed by atoms with Crippen molar-refractivity contribution >= 4 is 22.3 Å². The number of benzene rings is 2. The quantitative estimate of drug-likeness (QED) is 0.686. The SMILES string of the molecule is Oc1ccccc1N=Nc1ccc(O)c2ncccc12. The van der Waals surface area contributed by atoms with E-state index in [1.54, 1.807) is 48.7 Å². The summed E-state index contributed by atoms with van der Waals surface area (Å²) in [5.74, 6) is 0.166. The average Bonchev–Trinajstić information content (AvgIpc) is 2.48. The molecule has 0 fully saturated rings. The van der Waals surface area contributed by atoms with Gasteiger partial charge in [-0.3, -0.25) is 4.98 Å². The zero-order valence-electron chi connectivity index (χ0n) is 10.4. The second-order valence-corrected chi connectivity index (χ2v) is 4.19. The van der Waals surface area contributed by atoms with Gasteiger partial charge in [-0.15, -0.1) is 10.2 Å². The number of aromatic nitrogens is 1. The van der Waals surface area contributed by atoms with E-state index in [9.17, 15) is 10.2 Å². The van der Waals surface area contributed by atoms with Crippen molar-refractivity contribution in [1.82, 2.24) is 4.98 Å². The zero-order chi connectivity index (χ0) is 13.9. The highest BCUT2D eigenvalue weighted by Crippen LogP contribution is 2.33. The molecule has 0 aliphatic rings. The Labute approximate surface area is 114 Å². The number of para-hydroxylation sites is 1. The van der Waals surface area contributed by atoms with E-state index >= 15 is 0 Å². The molecule has 0 saturated heterocycles. The Kier molecular flexibility index (Phi) is 3.01. The number of rotatable bonds is 2. The minimum atomic E-state index is 0.0671. The Morgan fingerprint density at radius 1 is 0.750 bits per heavy atom. The summed E-state index contributed by atoms with van der Waals surface area (Å²) < 4.78 is 0. The van der Waals surface area contributed by atoms with Crippen LogP contribution in [-0.4, -0.2) is 15.2 Å². The van der Waals surface area contributed by atoms with Crippen molar-refractivity contribution in [1.29, 1.82) is 0 Å². The van der Waals surface area contributed by atoms with E-state index in [0.29, 0.717) is 22.3 Å². The zero-order valence-corrected chi connectivity index (χ0v) is 10.4. The van der Waals surface area contributed by atoms with Gasteiger partial charge in [-0.1, -0.05) is 12.1 Å². The summed E-state index contributed by atoms with van der Waals surface area (Å²) in [6.07, 6.45) is 1.60. The van der Waals surface area contributed by atoms with Crippen molar-refractivity contribution in [3.05, 3.63) is 54.7 Å². The smallest absolute Gasteiger partial charge is 0.143 e. The van der Waals surface area contributed by atoms with Crippen LogP contribution in [0.25, 0.3) is 10.9 Å². The lowest BCUT2D eigenvalue weighted by Gasteiger charge is -2.02. The molecule has 0 saturated carbocycles. The number of hydrogen-bond acceptors (Lipinski definition) is 5. The second-order valence-electron chi connectivity index (χ2n) is 4.19. The van der Waals surface area contributed by atoms with Gasteiger partial charge in [0.15, 0.2) is 0 Å². The first-order valence-electron chi connectivity index (χ1n) is 6.02. The molecule has 0 aliphatic carbocycles. The van der Waals surface area contributed by atoms with Gasteiger partial charge in [-0.05, 0) is 36.4 Å². The third kappa shape index (κ3) is 2.16. The maximum absolute atomic E-state index is 9.75. The van der Waals surface area contributed by atoms with E-state index in [1.807, 2.05) is 0 Å². The van der Waals surface area contributed by atoms with Crippen LogP contribution in [0.1, 0.15) is 0 Å². The van der Waals surface area contributed by atoms with Crippen LogP contribution < -0.4 is 0 Å². The van der Waals surface area contributed by atoms with Gasteiger partial charge in [0.2, 0.25) is 0 Å². The minimum Gasteiger partial charge on any atom is -0.506 e. The highest BCUT2D eigenvalue weighted by molar-refractivity contribution is 5.93.